The summed E-state index contributed by atoms with van der Waals surface area (Å²) in [4.78, 5) is 14.2. The van der Waals surface area contributed by atoms with Gasteiger partial charge in [-0.2, -0.15) is 0 Å². The highest BCUT2D eigenvalue weighted by molar-refractivity contribution is 7.88. The van der Waals surface area contributed by atoms with Crippen molar-refractivity contribution in [2.75, 3.05) is 25.9 Å². The quantitative estimate of drug-likeness (QED) is 0.722. The molecule has 1 aliphatic heterocycles. The van der Waals surface area contributed by atoms with Crippen LogP contribution in [0.3, 0.4) is 0 Å². The first-order valence-electron chi connectivity index (χ1n) is 7.17. The van der Waals surface area contributed by atoms with Crippen LogP contribution in [-0.2, 0) is 10.0 Å². The van der Waals surface area contributed by atoms with Crippen molar-refractivity contribution in [3.63, 3.8) is 0 Å². The van der Waals surface area contributed by atoms with E-state index in [2.05, 4.69) is 0 Å². The molecule has 1 heterocycles. The molecule has 2 fully saturated rings. The Morgan fingerprint density at radius 1 is 1.25 bits per heavy atom. The summed E-state index contributed by atoms with van der Waals surface area (Å²) >= 11 is 0. The third kappa shape index (κ3) is 2.95. The molecule has 0 aromatic heterocycles. The molecule has 2 amide bonds. The van der Waals surface area contributed by atoms with Crippen LogP contribution in [-0.4, -0.2) is 68.6 Å². The van der Waals surface area contributed by atoms with Crippen molar-refractivity contribution >= 4 is 23.9 Å². The molecule has 1 saturated heterocycles. The summed E-state index contributed by atoms with van der Waals surface area (Å²) in [7, 11) is 3.94. The van der Waals surface area contributed by atoms with Crippen LogP contribution in [0.15, 0.2) is 0 Å². The molecule has 2 radical (unpaired) electrons. The van der Waals surface area contributed by atoms with Crippen molar-refractivity contribution in [2.45, 2.75) is 44.5 Å². The molecular formula is C12H22BN3O3S. The van der Waals surface area contributed by atoms with E-state index in [1.807, 2.05) is 0 Å². The zero-order valence-electron chi connectivity index (χ0n) is 12.2. The van der Waals surface area contributed by atoms with Gasteiger partial charge in [-0.15, -0.1) is 4.41 Å². The van der Waals surface area contributed by atoms with Gasteiger partial charge in [0, 0.05) is 19.6 Å². The lowest BCUT2D eigenvalue weighted by Crippen LogP contribution is -2.48. The van der Waals surface area contributed by atoms with Gasteiger partial charge in [0.2, 0.25) is 10.0 Å². The maximum atomic E-state index is 12.4. The lowest BCUT2D eigenvalue weighted by molar-refractivity contribution is 0.116. The van der Waals surface area contributed by atoms with E-state index < -0.39 is 10.0 Å². The molecule has 2 rings (SSSR count). The van der Waals surface area contributed by atoms with Crippen molar-refractivity contribution in [1.82, 2.24) is 14.3 Å². The van der Waals surface area contributed by atoms with Gasteiger partial charge < -0.3 is 4.90 Å². The highest BCUT2D eigenvalue weighted by Gasteiger charge is 2.39. The van der Waals surface area contributed by atoms with Gasteiger partial charge in [0.05, 0.1) is 20.1 Å². The Morgan fingerprint density at radius 2 is 1.85 bits per heavy atom. The summed E-state index contributed by atoms with van der Waals surface area (Å²) in [6.45, 7) is 2.59. The molecule has 0 aromatic carbocycles. The number of hydrogen-bond donors (Lipinski definition) is 0. The Morgan fingerprint density at radius 3 is 2.40 bits per heavy atom. The van der Waals surface area contributed by atoms with Crippen molar-refractivity contribution in [3.05, 3.63) is 0 Å². The second kappa shape index (κ2) is 5.93. The first kappa shape index (κ1) is 15.6. The Kier molecular flexibility index (Phi) is 4.64. The smallest absolute Gasteiger partial charge is 0.319 e. The van der Waals surface area contributed by atoms with Gasteiger partial charge in [-0.1, -0.05) is 18.7 Å². The van der Waals surface area contributed by atoms with E-state index >= 15 is 0 Å². The van der Waals surface area contributed by atoms with Gasteiger partial charge in [0.15, 0.2) is 0 Å². The summed E-state index contributed by atoms with van der Waals surface area (Å²) in [5.74, 6) is 0.231. The van der Waals surface area contributed by atoms with Gasteiger partial charge in [0.1, 0.15) is 0 Å². The molecule has 2 aliphatic rings. The lowest BCUT2D eigenvalue weighted by atomic mass is 9.74. The van der Waals surface area contributed by atoms with Gasteiger partial charge in [-0.3, -0.25) is 0 Å². The topological polar surface area (TPSA) is 60.9 Å². The first-order valence-corrected chi connectivity index (χ1v) is 8.78. The molecule has 8 heteroatoms. The number of rotatable bonds is 4. The number of urea groups is 1. The molecular weight excluding hydrogens is 277 g/mol. The van der Waals surface area contributed by atoms with Crippen molar-refractivity contribution < 1.29 is 13.2 Å². The SMILES string of the molecule is [B]C1CCC(N2CCN(N(C)S(=O)(=O)CC)C2=O)CC1. The van der Waals surface area contributed by atoms with Crippen LogP contribution in [0.1, 0.15) is 32.6 Å². The fraction of sp³-hybridized carbons (Fsp3) is 0.917. The number of hydrazine groups is 1. The summed E-state index contributed by atoms with van der Waals surface area (Å²) in [5, 5.41) is 1.33. The molecule has 0 atom stereocenters. The molecule has 0 spiro atoms. The van der Waals surface area contributed by atoms with Gasteiger partial charge in [-0.05, 0) is 19.8 Å². The molecule has 0 bridgehead atoms. The van der Waals surface area contributed by atoms with E-state index in [4.69, 9.17) is 7.85 Å². The number of nitrogens with zero attached hydrogens (tertiary/aromatic N) is 3. The maximum Gasteiger partial charge on any atom is 0.335 e. The molecule has 1 saturated carbocycles. The summed E-state index contributed by atoms with van der Waals surface area (Å²) in [6, 6.07) is -0.00460. The van der Waals surface area contributed by atoms with Crippen LogP contribution >= 0.6 is 0 Å². The Hall–Kier alpha value is -0.755. The Balaban J connectivity index is 2.02. The van der Waals surface area contributed by atoms with Crippen LogP contribution in [0.5, 0.6) is 0 Å². The van der Waals surface area contributed by atoms with E-state index in [0.29, 0.717) is 13.1 Å². The number of sulfonamides is 1. The second-order valence-corrected chi connectivity index (χ2v) is 7.77. The minimum absolute atomic E-state index is 0.00837. The molecule has 112 valence electrons. The van der Waals surface area contributed by atoms with Gasteiger partial charge in [-0.25, -0.2) is 18.2 Å². The molecule has 0 N–H and O–H groups in total. The van der Waals surface area contributed by atoms with Gasteiger partial charge in [0.25, 0.3) is 0 Å². The van der Waals surface area contributed by atoms with E-state index in [0.717, 1.165) is 30.1 Å². The molecule has 1 aliphatic carbocycles. The zero-order chi connectivity index (χ0) is 14.9. The number of hydrogen-bond acceptors (Lipinski definition) is 3. The number of carbonyl (C=O) groups is 1. The van der Waals surface area contributed by atoms with Crippen molar-refractivity contribution in [1.29, 1.82) is 0 Å². The molecule has 0 unspecified atom stereocenters. The third-order valence-corrected chi connectivity index (χ3v) is 6.04. The zero-order valence-corrected chi connectivity index (χ0v) is 13.0. The minimum Gasteiger partial charge on any atom is -0.319 e. The largest absolute Gasteiger partial charge is 0.335 e. The molecule has 6 nitrogen and oxygen atoms in total. The van der Waals surface area contributed by atoms with Crippen LogP contribution in [0.2, 0.25) is 5.82 Å². The predicted molar refractivity (Wildman–Crippen MR) is 77.8 cm³/mol. The van der Waals surface area contributed by atoms with Crippen LogP contribution in [0.4, 0.5) is 4.79 Å². The maximum absolute atomic E-state index is 12.4. The second-order valence-electron chi connectivity index (χ2n) is 5.50. The average Bonchev–Trinajstić information content (AvgIpc) is 2.80. The molecule has 0 aromatic rings. The minimum atomic E-state index is -3.39. The number of carbonyl (C=O) groups excluding carboxylic acids is 1. The average molecular weight is 299 g/mol. The van der Waals surface area contributed by atoms with Crippen LogP contribution < -0.4 is 0 Å². The highest BCUT2D eigenvalue weighted by atomic mass is 32.2. The van der Waals surface area contributed by atoms with E-state index in [9.17, 15) is 13.2 Å². The van der Waals surface area contributed by atoms with Gasteiger partial charge >= 0.3 is 6.03 Å². The predicted octanol–water partition coefficient (Wildman–Crippen LogP) is 0.820. The van der Waals surface area contributed by atoms with E-state index in [1.54, 1.807) is 11.8 Å². The number of amides is 2. The highest BCUT2D eigenvalue weighted by Crippen LogP contribution is 2.31. The summed E-state index contributed by atoms with van der Waals surface area (Å²) in [6.07, 6.45) is 3.67. The van der Waals surface area contributed by atoms with Crippen molar-refractivity contribution in [2.24, 2.45) is 0 Å². The van der Waals surface area contributed by atoms with Crippen molar-refractivity contribution in [3.8, 4) is 0 Å². The lowest BCUT2D eigenvalue weighted by Gasteiger charge is -2.34. The normalized spacial score (nSPS) is 28.4. The monoisotopic (exact) mass is 299 g/mol. The Bertz CT molecular complexity index is 463. The first-order chi connectivity index (χ1) is 9.36. The van der Waals surface area contributed by atoms with E-state index in [-0.39, 0.29) is 23.6 Å². The summed E-state index contributed by atoms with van der Waals surface area (Å²) in [5.41, 5.74) is 0. The summed E-state index contributed by atoms with van der Waals surface area (Å²) < 4.78 is 24.8. The van der Waals surface area contributed by atoms with Crippen LogP contribution in [0, 0.1) is 0 Å². The standard InChI is InChI=1S/C12H22BN3O3S/c1-3-20(18,19)14(2)16-9-8-15(12(16)17)11-6-4-10(13)5-7-11/h10-11H,3-9H2,1-2H3. The van der Waals surface area contributed by atoms with Crippen LogP contribution in [0.25, 0.3) is 0 Å². The Labute approximate surface area is 122 Å². The fourth-order valence-corrected chi connectivity index (χ4v) is 3.72. The molecule has 20 heavy (non-hydrogen) atoms. The van der Waals surface area contributed by atoms with E-state index in [1.165, 1.54) is 12.1 Å². The fourth-order valence-electron chi connectivity index (χ4n) is 2.89. The third-order valence-electron chi connectivity index (χ3n) is 4.31.